The van der Waals surface area contributed by atoms with Crippen molar-refractivity contribution in [2.75, 3.05) is 12.0 Å². The monoisotopic (exact) mass is 325 g/mol. The first-order valence-corrected chi connectivity index (χ1v) is 9.18. The topological polar surface area (TPSA) is 86.6 Å². The second-order valence-electron chi connectivity index (χ2n) is 5.35. The fourth-order valence-electron chi connectivity index (χ4n) is 2.18. The van der Waals surface area contributed by atoms with Gasteiger partial charge >= 0.3 is 7.12 Å². The Balaban J connectivity index is 2.57. The Labute approximate surface area is 134 Å². The predicted molar refractivity (Wildman–Crippen MR) is 89.8 cm³/mol. The summed E-state index contributed by atoms with van der Waals surface area (Å²) in [4.78, 5) is 11.8. The van der Waals surface area contributed by atoms with Crippen LogP contribution in [-0.4, -0.2) is 45.2 Å². The van der Waals surface area contributed by atoms with E-state index in [0.29, 0.717) is 18.6 Å². The van der Waals surface area contributed by atoms with Crippen LogP contribution in [0.2, 0.25) is 0 Å². The van der Waals surface area contributed by atoms with E-state index in [0.717, 1.165) is 12.0 Å². The molecule has 7 heteroatoms. The highest BCUT2D eigenvalue weighted by atomic mass is 32.2. The molecule has 1 aromatic carbocycles. The van der Waals surface area contributed by atoms with Gasteiger partial charge in [-0.15, -0.1) is 0 Å². The number of carbonyl (C=O) groups excluding carboxylic acids is 1. The fourth-order valence-corrected chi connectivity index (χ4v) is 2.73. The molecular weight excluding hydrogens is 301 g/mol. The third-order valence-corrected chi connectivity index (χ3v) is 4.26. The number of carbonyl (C=O) groups is 1. The van der Waals surface area contributed by atoms with Gasteiger partial charge in [0.15, 0.2) is 0 Å². The van der Waals surface area contributed by atoms with E-state index in [9.17, 15) is 19.1 Å². The third-order valence-electron chi connectivity index (χ3n) is 3.40. The molecule has 1 amide bonds. The average molecular weight is 325 g/mol. The minimum absolute atomic E-state index is 0.234. The number of rotatable bonds is 9. The van der Waals surface area contributed by atoms with E-state index in [1.807, 2.05) is 24.3 Å². The van der Waals surface area contributed by atoms with Crippen LogP contribution >= 0.6 is 0 Å². The maximum atomic E-state index is 11.8. The smallest absolute Gasteiger partial charge is 0.426 e. The molecule has 122 valence electrons. The molecule has 22 heavy (non-hydrogen) atoms. The molecule has 0 aliphatic rings. The molecule has 0 heterocycles. The van der Waals surface area contributed by atoms with E-state index < -0.39 is 23.9 Å². The summed E-state index contributed by atoms with van der Waals surface area (Å²) in [6.45, 7) is 2.05. The number of benzene rings is 1. The van der Waals surface area contributed by atoms with Crippen LogP contribution in [-0.2, 0) is 28.4 Å². The third kappa shape index (κ3) is 7.20. The SMILES string of the molecule is CCc1cccc(C[C@H](NC(=O)CCCS(C)=O)B(O)O)c1. The summed E-state index contributed by atoms with van der Waals surface area (Å²) in [6, 6.07) is 7.84. The van der Waals surface area contributed by atoms with E-state index in [4.69, 9.17) is 0 Å². The molecule has 3 N–H and O–H groups in total. The number of hydrogen-bond acceptors (Lipinski definition) is 4. The van der Waals surface area contributed by atoms with Gasteiger partial charge < -0.3 is 15.4 Å². The fraction of sp³-hybridized carbons (Fsp3) is 0.533. The summed E-state index contributed by atoms with van der Waals surface area (Å²) in [6.07, 6.45) is 3.61. The molecule has 2 atom stereocenters. The molecule has 0 saturated heterocycles. The molecule has 0 spiro atoms. The van der Waals surface area contributed by atoms with Gasteiger partial charge in [-0.25, -0.2) is 0 Å². The van der Waals surface area contributed by atoms with Gasteiger partial charge in [0.2, 0.25) is 5.91 Å². The van der Waals surface area contributed by atoms with E-state index in [2.05, 4.69) is 12.2 Å². The number of nitrogens with one attached hydrogen (secondary N) is 1. The van der Waals surface area contributed by atoms with Crippen molar-refractivity contribution in [3.05, 3.63) is 35.4 Å². The van der Waals surface area contributed by atoms with Crippen molar-refractivity contribution in [3.8, 4) is 0 Å². The molecule has 5 nitrogen and oxygen atoms in total. The summed E-state index contributed by atoms with van der Waals surface area (Å²) >= 11 is 0. The first-order valence-electron chi connectivity index (χ1n) is 7.45. The van der Waals surface area contributed by atoms with Gasteiger partial charge in [0.05, 0.1) is 5.94 Å². The Kier molecular flexibility index (Phi) is 8.38. The zero-order valence-corrected chi connectivity index (χ0v) is 13.9. The highest BCUT2D eigenvalue weighted by Gasteiger charge is 2.25. The van der Waals surface area contributed by atoms with Gasteiger partial charge in [-0.3, -0.25) is 9.00 Å². The van der Waals surface area contributed by atoms with Crippen LogP contribution in [0.4, 0.5) is 0 Å². The molecule has 0 saturated carbocycles. The van der Waals surface area contributed by atoms with Gasteiger partial charge in [-0.05, 0) is 30.4 Å². The molecule has 0 fully saturated rings. The molecular formula is C15H24BNO4S. The standard InChI is InChI=1S/C15H24BNO4S/c1-3-12-6-4-7-13(10-12)11-14(16(19)20)17-15(18)8-5-9-22(2)21/h4,6-7,10,14,19-20H,3,5,8-9,11H2,1-2H3,(H,17,18)/t14-,22?/m0/s1. The Morgan fingerprint density at radius 3 is 2.64 bits per heavy atom. The zero-order chi connectivity index (χ0) is 16.5. The summed E-state index contributed by atoms with van der Waals surface area (Å²) in [5, 5.41) is 21.5. The number of aryl methyl sites for hydroxylation is 1. The zero-order valence-electron chi connectivity index (χ0n) is 13.1. The summed E-state index contributed by atoms with van der Waals surface area (Å²) in [5.74, 6) is -0.528. The summed E-state index contributed by atoms with van der Waals surface area (Å²) in [7, 11) is -2.53. The van der Waals surface area contributed by atoms with Gasteiger partial charge in [-0.2, -0.15) is 0 Å². The lowest BCUT2D eigenvalue weighted by atomic mass is 9.75. The minimum Gasteiger partial charge on any atom is -0.426 e. The summed E-state index contributed by atoms with van der Waals surface area (Å²) < 4.78 is 11.0. The molecule has 0 aliphatic heterocycles. The lowest BCUT2D eigenvalue weighted by molar-refractivity contribution is -0.121. The largest absolute Gasteiger partial charge is 0.475 e. The van der Waals surface area contributed by atoms with E-state index in [1.54, 1.807) is 6.26 Å². The van der Waals surface area contributed by atoms with Gasteiger partial charge in [-0.1, -0.05) is 31.2 Å². The van der Waals surface area contributed by atoms with E-state index in [-0.39, 0.29) is 12.3 Å². The predicted octanol–water partition coefficient (Wildman–Crippen LogP) is 0.447. The van der Waals surface area contributed by atoms with Gasteiger partial charge in [0.25, 0.3) is 0 Å². The van der Waals surface area contributed by atoms with Crippen LogP contribution in [0.5, 0.6) is 0 Å². The molecule has 1 aromatic rings. The quantitative estimate of drug-likeness (QED) is 0.575. The van der Waals surface area contributed by atoms with Crippen LogP contribution in [0, 0.1) is 0 Å². The minimum atomic E-state index is -1.62. The van der Waals surface area contributed by atoms with Crippen molar-refractivity contribution in [3.63, 3.8) is 0 Å². The second kappa shape index (κ2) is 9.76. The Bertz CT molecular complexity index is 510. The first-order chi connectivity index (χ1) is 10.4. The van der Waals surface area contributed by atoms with Crippen molar-refractivity contribution in [2.24, 2.45) is 0 Å². The molecule has 1 rings (SSSR count). The molecule has 1 unspecified atom stereocenters. The number of amides is 1. The van der Waals surface area contributed by atoms with E-state index >= 15 is 0 Å². The normalized spacial score (nSPS) is 13.5. The lowest BCUT2D eigenvalue weighted by Gasteiger charge is -2.18. The van der Waals surface area contributed by atoms with Crippen molar-refractivity contribution in [2.45, 2.75) is 38.5 Å². The second-order valence-corrected chi connectivity index (χ2v) is 6.90. The average Bonchev–Trinajstić information content (AvgIpc) is 2.46. The molecule has 0 radical (unpaired) electrons. The van der Waals surface area contributed by atoms with Crippen molar-refractivity contribution in [1.82, 2.24) is 5.32 Å². The van der Waals surface area contributed by atoms with E-state index in [1.165, 1.54) is 5.56 Å². The van der Waals surface area contributed by atoms with Crippen LogP contribution in [0.1, 0.15) is 30.9 Å². The Morgan fingerprint density at radius 2 is 2.05 bits per heavy atom. The maximum absolute atomic E-state index is 11.8. The highest BCUT2D eigenvalue weighted by Crippen LogP contribution is 2.09. The van der Waals surface area contributed by atoms with Crippen molar-refractivity contribution in [1.29, 1.82) is 0 Å². The number of hydrogen-bond donors (Lipinski definition) is 3. The van der Waals surface area contributed by atoms with Crippen LogP contribution in [0.25, 0.3) is 0 Å². The Morgan fingerprint density at radius 1 is 1.36 bits per heavy atom. The first kappa shape index (κ1) is 18.9. The van der Waals surface area contributed by atoms with Gasteiger partial charge in [0.1, 0.15) is 0 Å². The molecule has 0 bridgehead atoms. The Hall–Kier alpha value is -1.18. The van der Waals surface area contributed by atoms with Crippen LogP contribution in [0.15, 0.2) is 24.3 Å². The van der Waals surface area contributed by atoms with Gasteiger partial charge in [0, 0.05) is 29.2 Å². The van der Waals surface area contributed by atoms with Crippen LogP contribution in [0.3, 0.4) is 0 Å². The summed E-state index contributed by atoms with van der Waals surface area (Å²) in [5.41, 5.74) is 2.12. The highest BCUT2D eigenvalue weighted by molar-refractivity contribution is 7.84. The van der Waals surface area contributed by atoms with Crippen LogP contribution < -0.4 is 5.32 Å². The van der Waals surface area contributed by atoms with Crippen molar-refractivity contribution >= 4 is 23.8 Å². The molecule has 0 aromatic heterocycles. The maximum Gasteiger partial charge on any atom is 0.475 e. The van der Waals surface area contributed by atoms with Crippen molar-refractivity contribution < 1.29 is 19.1 Å². The molecule has 0 aliphatic carbocycles. The lowest BCUT2D eigenvalue weighted by Crippen LogP contribution is -2.47.